The van der Waals surface area contributed by atoms with E-state index in [9.17, 15) is 15.3 Å². The molecule has 29 heavy (non-hydrogen) atoms. The van der Waals surface area contributed by atoms with E-state index in [1.807, 2.05) is 31.2 Å². The van der Waals surface area contributed by atoms with Crippen LogP contribution in [0.5, 0.6) is 5.75 Å². The van der Waals surface area contributed by atoms with E-state index in [0.717, 1.165) is 11.3 Å². The maximum Gasteiger partial charge on any atom is 0.167 e. The first-order chi connectivity index (χ1) is 14.0. The predicted octanol–water partition coefficient (Wildman–Crippen LogP) is 0.619. The molecule has 10 heteroatoms. The van der Waals surface area contributed by atoms with Crippen LogP contribution in [0.3, 0.4) is 0 Å². The van der Waals surface area contributed by atoms with E-state index in [-0.39, 0.29) is 6.04 Å². The van der Waals surface area contributed by atoms with E-state index in [0.29, 0.717) is 17.0 Å². The van der Waals surface area contributed by atoms with Crippen molar-refractivity contribution in [1.82, 2.24) is 19.5 Å². The maximum atomic E-state index is 10.3. The number of benzene rings is 1. The second-order valence-corrected chi connectivity index (χ2v) is 6.88. The van der Waals surface area contributed by atoms with Gasteiger partial charge in [-0.3, -0.25) is 4.57 Å². The SMILES string of the molecule is COc1ccccc1[C@H](C)Nc1ncnc2c1ncn2[C@@H]1O[C@H](CO)[C@@H](O)[C@H]1O. The van der Waals surface area contributed by atoms with Crippen LogP contribution in [0.1, 0.15) is 24.8 Å². The first kappa shape index (κ1) is 19.5. The number of methoxy groups -OCH3 is 1. The van der Waals surface area contributed by atoms with E-state index in [4.69, 9.17) is 9.47 Å². The van der Waals surface area contributed by atoms with Crippen LogP contribution in [-0.4, -0.2) is 66.9 Å². The molecule has 1 aliphatic rings. The molecule has 2 aromatic heterocycles. The lowest BCUT2D eigenvalue weighted by Gasteiger charge is -2.18. The topological polar surface area (TPSA) is 135 Å². The lowest BCUT2D eigenvalue weighted by atomic mass is 10.1. The molecule has 0 aliphatic carbocycles. The molecule has 3 aromatic rings. The van der Waals surface area contributed by atoms with Crippen molar-refractivity contribution in [3.63, 3.8) is 0 Å². The molecule has 3 heterocycles. The molecule has 1 fully saturated rings. The molecule has 4 N–H and O–H groups in total. The Labute approximate surface area is 166 Å². The van der Waals surface area contributed by atoms with Crippen LogP contribution in [0.15, 0.2) is 36.9 Å². The van der Waals surface area contributed by atoms with Gasteiger partial charge in [0.2, 0.25) is 0 Å². The molecule has 154 valence electrons. The van der Waals surface area contributed by atoms with Gasteiger partial charge < -0.3 is 30.1 Å². The van der Waals surface area contributed by atoms with Gasteiger partial charge in [-0.15, -0.1) is 0 Å². The highest BCUT2D eigenvalue weighted by Crippen LogP contribution is 2.33. The van der Waals surface area contributed by atoms with Gasteiger partial charge in [0.05, 0.1) is 26.1 Å². The number of aliphatic hydroxyl groups excluding tert-OH is 3. The summed E-state index contributed by atoms with van der Waals surface area (Å²) in [6.45, 7) is 1.58. The van der Waals surface area contributed by atoms with Crippen LogP contribution in [0.25, 0.3) is 11.2 Å². The van der Waals surface area contributed by atoms with Crippen molar-refractivity contribution in [2.24, 2.45) is 0 Å². The molecular formula is C19H23N5O5. The summed E-state index contributed by atoms with van der Waals surface area (Å²) < 4.78 is 12.5. The van der Waals surface area contributed by atoms with Crippen LogP contribution >= 0.6 is 0 Å². The van der Waals surface area contributed by atoms with Crippen molar-refractivity contribution < 1.29 is 24.8 Å². The van der Waals surface area contributed by atoms with Gasteiger partial charge in [-0.25, -0.2) is 15.0 Å². The van der Waals surface area contributed by atoms with Gasteiger partial charge in [0.1, 0.15) is 30.4 Å². The molecule has 1 aliphatic heterocycles. The summed E-state index contributed by atoms with van der Waals surface area (Å²) in [5, 5.41) is 33.0. The van der Waals surface area contributed by atoms with Crippen molar-refractivity contribution in [1.29, 1.82) is 0 Å². The third-order valence-electron chi connectivity index (χ3n) is 5.11. The van der Waals surface area contributed by atoms with E-state index in [1.165, 1.54) is 17.2 Å². The zero-order valence-electron chi connectivity index (χ0n) is 16.0. The third kappa shape index (κ3) is 3.40. The van der Waals surface area contributed by atoms with Crippen molar-refractivity contribution in [3.05, 3.63) is 42.5 Å². The summed E-state index contributed by atoms with van der Waals surface area (Å²) >= 11 is 0. The quantitative estimate of drug-likeness (QED) is 0.469. The van der Waals surface area contributed by atoms with Crippen LogP contribution in [0.4, 0.5) is 5.82 Å². The number of ether oxygens (including phenoxy) is 2. The van der Waals surface area contributed by atoms with Crippen LogP contribution in [0, 0.1) is 0 Å². The number of para-hydroxylation sites is 1. The summed E-state index contributed by atoms with van der Waals surface area (Å²) in [7, 11) is 1.62. The largest absolute Gasteiger partial charge is 0.496 e. The maximum absolute atomic E-state index is 10.3. The minimum atomic E-state index is -1.22. The number of rotatable bonds is 6. The Bertz CT molecular complexity index is 996. The monoisotopic (exact) mass is 401 g/mol. The zero-order valence-corrected chi connectivity index (χ0v) is 16.0. The van der Waals surface area contributed by atoms with E-state index < -0.39 is 31.1 Å². The number of aliphatic hydroxyl groups is 3. The number of nitrogens with one attached hydrogen (secondary N) is 1. The normalized spacial score (nSPS) is 25.3. The van der Waals surface area contributed by atoms with Crippen molar-refractivity contribution in [2.45, 2.75) is 37.5 Å². The molecule has 0 unspecified atom stereocenters. The number of nitrogens with zero attached hydrogens (tertiary/aromatic N) is 4. The summed E-state index contributed by atoms with van der Waals surface area (Å²) in [6, 6.07) is 7.57. The Hall–Kier alpha value is -2.79. The van der Waals surface area contributed by atoms with Crippen LogP contribution in [0.2, 0.25) is 0 Å². The second kappa shape index (κ2) is 7.91. The molecular weight excluding hydrogens is 378 g/mol. The van der Waals surface area contributed by atoms with Gasteiger partial charge in [0.15, 0.2) is 23.2 Å². The minimum Gasteiger partial charge on any atom is -0.496 e. The molecule has 0 amide bonds. The van der Waals surface area contributed by atoms with Crippen LogP contribution < -0.4 is 10.1 Å². The Morgan fingerprint density at radius 3 is 2.72 bits per heavy atom. The first-order valence-corrected chi connectivity index (χ1v) is 9.24. The number of hydrogen-bond donors (Lipinski definition) is 4. The Balaban J connectivity index is 1.65. The predicted molar refractivity (Wildman–Crippen MR) is 103 cm³/mol. The molecule has 0 spiro atoms. The third-order valence-corrected chi connectivity index (χ3v) is 5.11. The highest BCUT2D eigenvalue weighted by molar-refractivity contribution is 5.83. The smallest absolute Gasteiger partial charge is 0.167 e. The van der Waals surface area contributed by atoms with Crippen molar-refractivity contribution in [3.8, 4) is 5.75 Å². The van der Waals surface area contributed by atoms with E-state index >= 15 is 0 Å². The molecule has 10 nitrogen and oxygen atoms in total. The van der Waals surface area contributed by atoms with Gasteiger partial charge in [0, 0.05) is 5.56 Å². The van der Waals surface area contributed by atoms with Gasteiger partial charge in [-0.2, -0.15) is 0 Å². The summed E-state index contributed by atoms with van der Waals surface area (Å²) in [4.78, 5) is 12.9. The Morgan fingerprint density at radius 1 is 1.21 bits per heavy atom. The standard InChI is InChI=1S/C19H23N5O5/c1-10(11-5-3-4-6-12(11)28-2)23-17-14-18(21-8-20-17)24(9-22-14)19-16(27)15(26)13(7-25)29-19/h3-6,8-10,13,15-16,19,25-27H,7H2,1-2H3,(H,20,21,23)/t10-,13+,15+,16+,19+/m0/s1. The summed E-state index contributed by atoms with van der Waals surface area (Å²) in [5.41, 5.74) is 1.89. The molecule has 1 saturated heterocycles. The summed E-state index contributed by atoms with van der Waals surface area (Å²) in [6.07, 6.45) is -1.35. The fourth-order valence-electron chi connectivity index (χ4n) is 3.56. The fourth-order valence-corrected chi connectivity index (χ4v) is 3.56. The van der Waals surface area contributed by atoms with Gasteiger partial charge in [0.25, 0.3) is 0 Å². The molecule has 0 radical (unpaired) electrons. The van der Waals surface area contributed by atoms with Gasteiger partial charge >= 0.3 is 0 Å². The zero-order chi connectivity index (χ0) is 20.5. The summed E-state index contributed by atoms with van der Waals surface area (Å²) in [5.74, 6) is 1.27. The number of imidazole rings is 1. The molecule has 4 rings (SSSR count). The average molecular weight is 401 g/mol. The Kier molecular flexibility index (Phi) is 5.33. The number of hydrogen-bond acceptors (Lipinski definition) is 9. The second-order valence-electron chi connectivity index (χ2n) is 6.88. The molecule has 5 atom stereocenters. The number of fused-ring (bicyclic) bond motifs is 1. The highest BCUT2D eigenvalue weighted by Gasteiger charge is 2.44. The van der Waals surface area contributed by atoms with Crippen molar-refractivity contribution >= 4 is 17.0 Å². The fraction of sp³-hybridized carbons (Fsp3) is 0.421. The van der Waals surface area contributed by atoms with E-state index in [2.05, 4.69) is 20.3 Å². The Morgan fingerprint density at radius 2 is 2.00 bits per heavy atom. The molecule has 1 aromatic carbocycles. The van der Waals surface area contributed by atoms with Gasteiger partial charge in [-0.05, 0) is 13.0 Å². The first-order valence-electron chi connectivity index (χ1n) is 9.24. The number of anilines is 1. The minimum absolute atomic E-state index is 0.122. The lowest BCUT2D eigenvalue weighted by Crippen LogP contribution is -2.33. The van der Waals surface area contributed by atoms with Crippen molar-refractivity contribution in [2.75, 3.05) is 19.0 Å². The van der Waals surface area contributed by atoms with Gasteiger partial charge in [-0.1, -0.05) is 18.2 Å². The average Bonchev–Trinajstić information content (AvgIpc) is 3.30. The van der Waals surface area contributed by atoms with E-state index in [1.54, 1.807) is 7.11 Å². The van der Waals surface area contributed by atoms with Crippen LogP contribution in [-0.2, 0) is 4.74 Å². The lowest BCUT2D eigenvalue weighted by molar-refractivity contribution is -0.0511. The highest BCUT2D eigenvalue weighted by atomic mass is 16.6. The molecule has 0 bridgehead atoms. The number of aromatic nitrogens is 4. The molecule has 0 saturated carbocycles.